The zero-order chi connectivity index (χ0) is 10.0. The van der Waals surface area contributed by atoms with Gasteiger partial charge in [-0.3, -0.25) is 14.4 Å². The average Bonchev–Trinajstić information content (AvgIpc) is 2.24. The maximum atomic E-state index is 11.3. The molecule has 1 aliphatic heterocycles. The number of rotatable bonds is 3. The van der Waals surface area contributed by atoms with Gasteiger partial charge in [0.05, 0.1) is 6.61 Å². The van der Waals surface area contributed by atoms with Crippen LogP contribution in [0.15, 0.2) is 0 Å². The van der Waals surface area contributed by atoms with Crippen molar-refractivity contribution in [3.63, 3.8) is 0 Å². The van der Waals surface area contributed by atoms with Gasteiger partial charge in [-0.1, -0.05) is 20.8 Å². The molecule has 1 fully saturated rings. The molecule has 1 unspecified atom stereocenters. The van der Waals surface area contributed by atoms with E-state index in [1.54, 1.807) is 6.92 Å². The molecule has 14 heavy (non-hydrogen) atoms. The molecule has 5 heteroatoms. The summed E-state index contributed by atoms with van der Waals surface area (Å²) in [5.41, 5.74) is 0. The largest absolute Gasteiger partial charge is 0.412 e. The second kappa shape index (κ2) is 5.07. The minimum absolute atomic E-state index is 0. The highest BCUT2D eigenvalue weighted by Crippen LogP contribution is 2.19. The molecule has 0 aliphatic carbocycles. The van der Waals surface area contributed by atoms with Gasteiger partial charge in [0, 0.05) is 12.3 Å². The summed E-state index contributed by atoms with van der Waals surface area (Å²) in [6, 6.07) is 0. The van der Waals surface area contributed by atoms with Crippen LogP contribution in [0.25, 0.3) is 0 Å². The van der Waals surface area contributed by atoms with Gasteiger partial charge in [0.1, 0.15) is 0 Å². The molecular formula is C9H17NO4. The van der Waals surface area contributed by atoms with Gasteiger partial charge >= 0.3 is 0 Å². The Morgan fingerprint density at radius 3 is 2.43 bits per heavy atom. The van der Waals surface area contributed by atoms with E-state index in [2.05, 4.69) is 0 Å². The Bertz CT molecular complexity index is 227. The van der Waals surface area contributed by atoms with E-state index >= 15 is 0 Å². The third-order valence-corrected chi connectivity index (χ3v) is 1.87. The molecule has 2 amide bonds. The summed E-state index contributed by atoms with van der Waals surface area (Å²) in [6.45, 7) is 6.08. The van der Waals surface area contributed by atoms with Gasteiger partial charge in [-0.2, -0.15) is 5.06 Å². The van der Waals surface area contributed by atoms with Crippen molar-refractivity contribution in [1.29, 1.82) is 0 Å². The predicted molar refractivity (Wildman–Crippen MR) is 50.0 cm³/mol. The fraction of sp³-hybridized carbons (Fsp3) is 0.778. The SMILES string of the molecule is CC(C)CON1C(=O)CC(C)C1=O.O. The average molecular weight is 203 g/mol. The standard InChI is InChI=1S/C9H15NO3.H2O/c1-6(2)5-13-10-8(11)4-7(3)9(10)12;/h6-7H,4-5H2,1-3H3;1H2. The summed E-state index contributed by atoms with van der Waals surface area (Å²) in [7, 11) is 0. The van der Waals surface area contributed by atoms with Crippen LogP contribution in [0.1, 0.15) is 27.2 Å². The molecule has 1 heterocycles. The molecule has 2 N–H and O–H groups in total. The second-order valence-electron chi connectivity index (χ2n) is 3.82. The Morgan fingerprint density at radius 1 is 1.50 bits per heavy atom. The smallest absolute Gasteiger partial charge is 0.256 e. The molecule has 0 saturated carbocycles. The maximum Gasteiger partial charge on any atom is 0.256 e. The number of amides is 2. The summed E-state index contributed by atoms with van der Waals surface area (Å²) in [5, 5.41) is 0.907. The van der Waals surface area contributed by atoms with Gasteiger partial charge in [0.2, 0.25) is 0 Å². The van der Waals surface area contributed by atoms with Crippen LogP contribution < -0.4 is 0 Å². The number of hydrogen-bond donors (Lipinski definition) is 0. The lowest BCUT2D eigenvalue weighted by atomic mass is 10.1. The fourth-order valence-electron chi connectivity index (χ4n) is 1.11. The van der Waals surface area contributed by atoms with Crippen molar-refractivity contribution in [2.45, 2.75) is 27.2 Å². The lowest BCUT2D eigenvalue weighted by Gasteiger charge is -2.14. The van der Waals surface area contributed by atoms with Gasteiger partial charge in [-0.05, 0) is 5.92 Å². The highest BCUT2D eigenvalue weighted by atomic mass is 16.7. The zero-order valence-corrected chi connectivity index (χ0v) is 8.74. The van der Waals surface area contributed by atoms with Crippen LogP contribution in [0.5, 0.6) is 0 Å². The third-order valence-electron chi connectivity index (χ3n) is 1.87. The molecule has 1 aliphatic rings. The van der Waals surface area contributed by atoms with Crippen LogP contribution in [-0.4, -0.2) is 29.0 Å². The van der Waals surface area contributed by atoms with Crippen LogP contribution in [0, 0.1) is 11.8 Å². The number of nitrogens with zero attached hydrogens (tertiary/aromatic N) is 1. The fourth-order valence-corrected chi connectivity index (χ4v) is 1.11. The summed E-state index contributed by atoms with van der Waals surface area (Å²) < 4.78 is 0. The van der Waals surface area contributed by atoms with Gasteiger partial charge in [-0.15, -0.1) is 0 Å². The van der Waals surface area contributed by atoms with Crippen molar-refractivity contribution in [1.82, 2.24) is 5.06 Å². The van der Waals surface area contributed by atoms with E-state index < -0.39 is 0 Å². The van der Waals surface area contributed by atoms with Crippen molar-refractivity contribution in [2.24, 2.45) is 11.8 Å². The quantitative estimate of drug-likeness (QED) is 0.612. The molecule has 0 aromatic rings. The minimum Gasteiger partial charge on any atom is -0.412 e. The summed E-state index contributed by atoms with van der Waals surface area (Å²) in [4.78, 5) is 27.6. The van der Waals surface area contributed by atoms with Crippen molar-refractivity contribution in [3.8, 4) is 0 Å². The van der Waals surface area contributed by atoms with E-state index in [0.717, 1.165) is 5.06 Å². The summed E-state index contributed by atoms with van der Waals surface area (Å²) >= 11 is 0. The van der Waals surface area contributed by atoms with Gasteiger partial charge in [0.25, 0.3) is 11.8 Å². The summed E-state index contributed by atoms with van der Waals surface area (Å²) in [6.07, 6.45) is 0.275. The lowest BCUT2D eigenvalue weighted by molar-refractivity contribution is -0.191. The molecule has 82 valence electrons. The van der Waals surface area contributed by atoms with Crippen molar-refractivity contribution in [3.05, 3.63) is 0 Å². The molecule has 0 bridgehead atoms. The van der Waals surface area contributed by atoms with Gasteiger partial charge in [0.15, 0.2) is 0 Å². The molecule has 0 aromatic carbocycles. The first-order valence-corrected chi connectivity index (χ1v) is 4.52. The monoisotopic (exact) mass is 203 g/mol. The number of hydroxylamine groups is 2. The van der Waals surface area contributed by atoms with E-state index in [1.807, 2.05) is 13.8 Å². The Balaban J connectivity index is 0.00000169. The number of carbonyl (C=O) groups excluding carboxylic acids is 2. The number of carbonyl (C=O) groups is 2. The number of hydrogen-bond acceptors (Lipinski definition) is 3. The Morgan fingerprint density at radius 2 is 2.07 bits per heavy atom. The van der Waals surface area contributed by atoms with E-state index in [0.29, 0.717) is 12.5 Å². The first kappa shape index (κ1) is 13.1. The molecule has 0 aromatic heterocycles. The van der Waals surface area contributed by atoms with Crippen LogP contribution in [-0.2, 0) is 14.4 Å². The van der Waals surface area contributed by atoms with Crippen molar-refractivity contribution in [2.75, 3.05) is 6.61 Å². The van der Waals surface area contributed by atoms with E-state index in [4.69, 9.17) is 4.84 Å². The topological polar surface area (TPSA) is 78.1 Å². The van der Waals surface area contributed by atoms with Gasteiger partial charge < -0.3 is 5.48 Å². The molecular weight excluding hydrogens is 186 g/mol. The highest BCUT2D eigenvalue weighted by Gasteiger charge is 2.36. The molecule has 1 atom stereocenters. The third kappa shape index (κ3) is 2.78. The van der Waals surface area contributed by atoms with E-state index in [-0.39, 0.29) is 29.6 Å². The molecule has 5 nitrogen and oxygen atoms in total. The second-order valence-corrected chi connectivity index (χ2v) is 3.82. The Kier molecular flexibility index (Phi) is 4.73. The van der Waals surface area contributed by atoms with Crippen molar-refractivity contribution >= 4 is 11.8 Å². The van der Waals surface area contributed by atoms with Crippen LogP contribution in [0.2, 0.25) is 0 Å². The van der Waals surface area contributed by atoms with Crippen LogP contribution in [0.4, 0.5) is 0 Å². The summed E-state index contributed by atoms with van der Waals surface area (Å²) in [5.74, 6) is -0.347. The maximum absolute atomic E-state index is 11.3. The molecule has 0 spiro atoms. The lowest BCUT2D eigenvalue weighted by Crippen LogP contribution is -2.31. The van der Waals surface area contributed by atoms with Gasteiger partial charge in [-0.25, -0.2) is 0 Å². The van der Waals surface area contributed by atoms with E-state index in [9.17, 15) is 9.59 Å². The minimum atomic E-state index is -0.224. The van der Waals surface area contributed by atoms with Crippen molar-refractivity contribution < 1.29 is 19.9 Å². The normalized spacial score (nSPS) is 21.7. The zero-order valence-electron chi connectivity index (χ0n) is 8.74. The predicted octanol–water partition coefficient (Wildman–Crippen LogP) is 0.144. The first-order chi connectivity index (χ1) is 6.02. The van der Waals surface area contributed by atoms with E-state index in [1.165, 1.54) is 0 Å². The van der Waals surface area contributed by atoms with Crippen LogP contribution >= 0.6 is 0 Å². The Labute approximate surface area is 83.3 Å². The Hall–Kier alpha value is -0.940. The molecule has 1 saturated heterocycles. The molecule has 1 rings (SSSR count). The first-order valence-electron chi connectivity index (χ1n) is 4.52. The van der Waals surface area contributed by atoms with Crippen LogP contribution in [0.3, 0.4) is 0 Å². The molecule has 0 radical (unpaired) electrons. The number of imide groups is 1. The highest BCUT2D eigenvalue weighted by molar-refractivity contribution is 6.02.